The minimum Gasteiger partial charge on any atom is -0.399 e. The normalized spacial score (nSPS) is 20.2. The van der Waals surface area contributed by atoms with Gasteiger partial charge in [0.25, 0.3) is 0 Å². The molecule has 0 unspecified atom stereocenters. The molecule has 2 aromatic carbocycles. The molecule has 0 saturated heterocycles. The fourth-order valence-corrected chi connectivity index (χ4v) is 4.46. The molecule has 2 N–H and O–H groups in total. The Hall–Kier alpha value is -1.76. The maximum atomic E-state index is 5.93. The van der Waals surface area contributed by atoms with Crippen LogP contribution in [0.15, 0.2) is 42.5 Å². The van der Waals surface area contributed by atoms with E-state index in [1.54, 1.807) is 5.56 Å². The van der Waals surface area contributed by atoms with Crippen molar-refractivity contribution in [1.29, 1.82) is 0 Å². The topological polar surface area (TPSA) is 26.0 Å². The fraction of sp³-hybridized carbons (Fsp3) is 0.520. The van der Waals surface area contributed by atoms with Crippen LogP contribution in [0.2, 0.25) is 0 Å². The number of benzene rings is 2. The molecule has 2 aromatic rings. The number of nitrogens with two attached hydrogens (primary N) is 1. The first kappa shape index (κ1) is 19.0. The minimum atomic E-state index is 0.783. The monoisotopic (exact) mass is 349 g/mol. The molecule has 1 aliphatic carbocycles. The number of unbranched alkanes of at least 4 members (excludes halogenated alkanes) is 2. The standard InChI is InChI=1S/C25H35N/c1-3-4-5-6-20-7-12-23(13-8-20)24-14-9-21(10-15-24)18-22-11-16-25(26)19(2)17-22/h9-11,14-17,20,23H,3-8,12-13,18,26H2,1-2H3. The second-order valence-corrected chi connectivity index (χ2v) is 8.32. The lowest BCUT2D eigenvalue weighted by atomic mass is 9.77. The van der Waals surface area contributed by atoms with E-state index in [0.717, 1.165) is 23.9 Å². The molecule has 0 bridgehead atoms. The van der Waals surface area contributed by atoms with Gasteiger partial charge in [0, 0.05) is 5.69 Å². The number of rotatable bonds is 7. The first-order valence-electron chi connectivity index (χ1n) is 10.6. The zero-order chi connectivity index (χ0) is 18.4. The first-order chi connectivity index (χ1) is 12.7. The van der Waals surface area contributed by atoms with E-state index in [2.05, 4.69) is 50.2 Å². The Morgan fingerprint density at radius 2 is 1.58 bits per heavy atom. The van der Waals surface area contributed by atoms with Crippen LogP contribution >= 0.6 is 0 Å². The number of anilines is 1. The van der Waals surface area contributed by atoms with E-state index < -0.39 is 0 Å². The summed E-state index contributed by atoms with van der Waals surface area (Å²) in [6.45, 7) is 4.38. The number of aryl methyl sites for hydroxylation is 1. The van der Waals surface area contributed by atoms with Crippen LogP contribution in [0.4, 0.5) is 5.69 Å². The average Bonchev–Trinajstić information content (AvgIpc) is 2.66. The van der Waals surface area contributed by atoms with Gasteiger partial charge in [0.15, 0.2) is 0 Å². The van der Waals surface area contributed by atoms with Gasteiger partial charge in [-0.3, -0.25) is 0 Å². The van der Waals surface area contributed by atoms with Crippen molar-refractivity contribution in [3.05, 3.63) is 64.7 Å². The highest BCUT2D eigenvalue weighted by molar-refractivity contribution is 5.48. The van der Waals surface area contributed by atoms with Crippen molar-refractivity contribution in [2.75, 3.05) is 5.73 Å². The molecule has 1 heteroatoms. The van der Waals surface area contributed by atoms with E-state index in [1.165, 1.54) is 68.1 Å². The molecular weight excluding hydrogens is 314 g/mol. The van der Waals surface area contributed by atoms with Crippen LogP contribution in [0.1, 0.15) is 86.5 Å². The highest BCUT2D eigenvalue weighted by Crippen LogP contribution is 2.37. The summed E-state index contributed by atoms with van der Waals surface area (Å²) in [6, 6.07) is 15.8. The van der Waals surface area contributed by atoms with Crippen molar-refractivity contribution in [2.24, 2.45) is 5.92 Å². The predicted octanol–water partition coefficient (Wildman–Crippen LogP) is 7.02. The molecule has 0 spiro atoms. The molecule has 0 heterocycles. The first-order valence-corrected chi connectivity index (χ1v) is 10.6. The van der Waals surface area contributed by atoms with Crippen LogP contribution in [-0.2, 0) is 6.42 Å². The summed E-state index contributed by atoms with van der Waals surface area (Å²) in [6.07, 6.45) is 12.3. The highest BCUT2D eigenvalue weighted by atomic mass is 14.5. The van der Waals surface area contributed by atoms with Crippen LogP contribution < -0.4 is 5.73 Å². The molecule has 0 radical (unpaired) electrons. The Balaban J connectivity index is 1.52. The summed E-state index contributed by atoms with van der Waals surface area (Å²) >= 11 is 0. The molecule has 1 fully saturated rings. The summed E-state index contributed by atoms with van der Waals surface area (Å²) < 4.78 is 0. The molecule has 1 saturated carbocycles. The van der Waals surface area contributed by atoms with Crippen molar-refractivity contribution < 1.29 is 0 Å². The third-order valence-corrected chi connectivity index (χ3v) is 6.26. The van der Waals surface area contributed by atoms with E-state index >= 15 is 0 Å². The largest absolute Gasteiger partial charge is 0.399 e. The van der Waals surface area contributed by atoms with E-state index in [-0.39, 0.29) is 0 Å². The van der Waals surface area contributed by atoms with Gasteiger partial charge in [0.2, 0.25) is 0 Å². The SMILES string of the molecule is CCCCCC1CCC(c2ccc(Cc3ccc(N)c(C)c3)cc2)CC1. The Labute approximate surface area is 160 Å². The zero-order valence-corrected chi connectivity index (χ0v) is 16.6. The lowest BCUT2D eigenvalue weighted by Crippen LogP contribution is -2.13. The zero-order valence-electron chi connectivity index (χ0n) is 16.6. The molecule has 0 aliphatic heterocycles. The van der Waals surface area contributed by atoms with E-state index in [1.807, 2.05) is 6.07 Å². The van der Waals surface area contributed by atoms with Gasteiger partial charge in [-0.25, -0.2) is 0 Å². The predicted molar refractivity (Wildman–Crippen MR) is 114 cm³/mol. The summed E-state index contributed by atoms with van der Waals surface area (Å²) in [4.78, 5) is 0. The van der Waals surface area contributed by atoms with Crippen LogP contribution in [0, 0.1) is 12.8 Å². The van der Waals surface area contributed by atoms with Crippen molar-refractivity contribution in [3.63, 3.8) is 0 Å². The minimum absolute atomic E-state index is 0.783. The van der Waals surface area contributed by atoms with Gasteiger partial charge in [0.1, 0.15) is 0 Å². The third kappa shape index (κ3) is 5.13. The quantitative estimate of drug-likeness (QED) is 0.422. The Morgan fingerprint density at radius 1 is 0.885 bits per heavy atom. The molecule has 0 atom stereocenters. The lowest BCUT2D eigenvalue weighted by molar-refractivity contribution is 0.303. The molecular formula is C25H35N. The maximum Gasteiger partial charge on any atom is 0.0343 e. The van der Waals surface area contributed by atoms with E-state index in [4.69, 9.17) is 5.73 Å². The van der Waals surface area contributed by atoms with Gasteiger partial charge in [0.05, 0.1) is 0 Å². The summed E-state index contributed by atoms with van der Waals surface area (Å²) in [5, 5.41) is 0. The summed E-state index contributed by atoms with van der Waals surface area (Å²) in [5.74, 6) is 1.77. The fourth-order valence-electron chi connectivity index (χ4n) is 4.46. The number of hydrogen-bond acceptors (Lipinski definition) is 1. The van der Waals surface area contributed by atoms with Crippen molar-refractivity contribution in [3.8, 4) is 0 Å². The van der Waals surface area contributed by atoms with Gasteiger partial charge in [-0.1, -0.05) is 69.0 Å². The van der Waals surface area contributed by atoms with Gasteiger partial charge in [-0.15, -0.1) is 0 Å². The van der Waals surface area contributed by atoms with Crippen LogP contribution in [0.5, 0.6) is 0 Å². The summed E-state index contributed by atoms with van der Waals surface area (Å²) in [5.41, 5.74) is 12.3. The number of hydrogen-bond donors (Lipinski definition) is 1. The number of nitrogen functional groups attached to an aromatic ring is 1. The molecule has 1 aliphatic rings. The smallest absolute Gasteiger partial charge is 0.0343 e. The second kappa shape index (κ2) is 9.26. The van der Waals surface area contributed by atoms with Crippen LogP contribution in [0.3, 0.4) is 0 Å². The van der Waals surface area contributed by atoms with Crippen LogP contribution in [0.25, 0.3) is 0 Å². The van der Waals surface area contributed by atoms with Crippen molar-refractivity contribution in [2.45, 2.75) is 77.6 Å². The molecule has 0 amide bonds. The molecule has 0 aromatic heterocycles. The molecule has 26 heavy (non-hydrogen) atoms. The Kier molecular flexibility index (Phi) is 6.77. The van der Waals surface area contributed by atoms with E-state index in [0.29, 0.717) is 0 Å². The highest BCUT2D eigenvalue weighted by Gasteiger charge is 2.21. The third-order valence-electron chi connectivity index (χ3n) is 6.26. The molecule has 1 nitrogen and oxygen atoms in total. The lowest BCUT2D eigenvalue weighted by Gasteiger charge is -2.29. The van der Waals surface area contributed by atoms with Gasteiger partial charge in [-0.05, 0) is 79.2 Å². The van der Waals surface area contributed by atoms with E-state index in [9.17, 15) is 0 Å². The van der Waals surface area contributed by atoms with Crippen LogP contribution in [-0.4, -0.2) is 0 Å². The second-order valence-electron chi connectivity index (χ2n) is 8.32. The average molecular weight is 350 g/mol. The maximum absolute atomic E-state index is 5.93. The van der Waals surface area contributed by atoms with Gasteiger partial charge < -0.3 is 5.73 Å². The Bertz CT molecular complexity index is 678. The van der Waals surface area contributed by atoms with Gasteiger partial charge >= 0.3 is 0 Å². The molecule has 3 rings (SSSR count). The Morgan fingerprint density at radius 3 is 2.23 bits per heavy atom. The molecule has 140 valence electrons. The van der Waals surface area contributed by atoms with Gasteiger partial charge in [-0.2, -0.15) is 0 Å². The van der Waals surface area contributed by atoms with Crippen molar-refractivity contribution >= 4 is 5.69 Å². The van der Waals surface area contributed by atoms with Crippen molar-refractivity contribution in [1.82, 2.24) is 0 Å². The summed E-state index contributed by atoms with van der Waals surface area (Å²) in [7, 11) is 0.